The van der Waals surface area contributed by atoms with E-state index in [2.05, 4.69) is 32.2 Å². The lowest BCUT2D eigenvalue weighted by Crippen LogP contribution is -2.31. The summed E-state index contributed by atoms with van der Waals surface area (Å²) in [5.74, 6) is 2.43. The van der Waals surface area contributed by atoms with Gasteiger partial charge in [-0.05, 0) is 44.7 Å². The third kappa shape index (κ3) is 2.10. The minimum Gasteiger partial charge on any atom is -0.319 e. The van der Waals surface area contributed by atoms with Gasteiger partial charge in [0.15, 0.2) is 0 Å². The van der Waals surface area contributed by atoms with Crippen LogP contribution in [0.5, 0.6) is 0 Å². The monoisotopic (exact) mass is 167 g/mol. The molecule has 1 rings (SSSR count). The van der Waals surface area contributed by atoms with Gasteiger partial charge in [-0.2, -0.15) is 0 Å². The highest BCUT2D eigenvalue weighted by Gasteiger charge is 2.25. The van der Waals surface area contributed by atoms with Gasteiger partial charge in [-0.25, -0.2) is 0 Å². The van der Waals surface area contributed by atoms with Gasteiger partial charge in [0.1, 0.15) is 0 Å². The Morgan fingerprint density at radius 2 is 2.17 bits per heavy atom. The Bertz CT molecular complexity index is 172. The molecule has 0 spiro atoms. The molecule has 0 fully saturated rings. The minimum absolute atomic E-state index is 0.751. The van der Waals surface area contributed by atoms with Crippen LogP contribution in [0.2, 0.25) is 0 Å². The zero-order valence-corrected chi connectivity index (χ0v) is 8.72. The van der Waals surface area contributed by atoms with Crippen LogP contribution in [0.4, 0.5) is 0 Å². The van der Waals surface area contributed by atoms with Gasteiger partial charge >= 0.3 is 0 Å². The van der Waals surface area contributed by atoms with Gasteiger partial charge < -0.3 is 5.32 Å². The predicted octanol–water partition coefficient (Wildman–Crippen LogP) is 2.44. The largest absolute Gasteiger partial charge is 0.319 e. The van der Waals surface area contributed by atoms with Crippen LogP contribution in [0.25, 0.3) is 0 Å². The van der Waals surface area contributed by atoms with Gasteiger partial charge in [-0.1, -0.05) is 25.5 Å². The zero-order valence-electron chi connectivity index (χ0n) is 8.72. The van der Waals surface area contributed by atoms with E-state index >= 15 is 0 Å². The molecule has 1 heteroatoms. The molecule has 1 nitrogen and oxygen atoms in total. The van der Waals surface area contributed by atoms with Crippen molar-refractivity contribution in [1.82, 2.24) is 5.32 Å². The average Bonchev–Trinajstić information content (AvgIpc) is 1.96. The first kappa shape index (κ1) is 9.79. The van der Waals surface area contributed by atoms with Crippen LogP contribution in [0.15, 0.2) is 11.6 Å². The fourth-order valence-corrected chi connectivity index (χ4v) is 2.44. The topological polar surface area (TPSA) is 12.0 Å². The smallest absolute Gasteiger partial charge is 0.00153 e. The highest BCUT2D eigenvalue weighted by atomic mass is 14.8. The van der Waals surface area contributed by atoms with Crippen molar-refractivity contribution in [2.45, 2.75) is 27.2 Å². The maximum atomic E-state index is 3.28. The first-order valence-electron chi connectivity index (χ1n) is 4.97. The standard InChI is InChI=1S/C11H21N/c1-8-5-9(2)11(7-12-4)10(3)6-8/h5,9-12H,6-7H2,1-4H3/t9-,10-,11-/m0/s1. The summed E-state index contributed by atoms with van der Waals surface area (Å²) in [6.07, 6.45) is 3.72. The summed E-state index contributed by atoms with van der Waals surface area (Å²) in [5, 5.41) is 3.28. The van der Waals surface area contributed by atoms with E-state index in [1.165, 1.54) is 6.42 Å². The Balaban J connectivity index is 2.62. The fourth-order valence-electron chi connectivity index (χ4n) is 2.44. The summed E-state index contributed by atoms with van der Waals surface area (Å²) in [4.78, 5) is 0. The molecule has 0 unspecified atom stereocenters. The predicted molar refractivity (Wildman–Crippen MR) is 54.1 cm³/mol. The first-order valence-corrected chi connectivity index (χ1v) is 4.97. The van der Waals surface area contributed by atoms with Gasteiger partial charge in [0.25, 0.3) is 0 Å². The Morgan fingerprint density at radius 3 is 2.67 bits per heavy atom. The van der Waals surface area contributed by atoms with Gasteiger partial charge in [-0.15, -0.1) is 0 Å². The van der Waals surface area contributed by atoms with E-state index < -0.39 is 0 Å². The van der Waals surface area contributed by atoms with Crippen LogP contribution >= 0.6 is 0 Å². The van der Waals surface area contributed by atoms with E-state index in [1.807, 2.05) is 7.05 Å². The lowest BCUT2D eigenvalue weighted by molar-refractivity contribution is 0.267. The Morgan fingerprint density at radius 1 is 1.50 bits per heavy atom. The van der Waals surface area contributed by atoms with Crippen LogP contribution in [-0.2, 0) is 0 Å². The SMILES string of the molecule is CNC[C@H]1[C@@H](C)C=C(C)C[C@@H]1C. The van der Waals surface area contributed by atoms with Gasteiger partial charge in [-0.3, -0.25) is 0 Å². The Labute approximate surface area is 76.2 Å². The van der Waals surface area contributed by atoms with Gasteiger partial charge in [0.2, 0.25) is 0 Å². The van der Waals surface area contributed by atoms with Crippen molar-refractivity contribution in [3.8, 4) is 0 Å². The lowest BCUT2D eigenvalue weighted by atomic mass is 9.75. The first-order chi connectivity index (χ1) is 5.65. The molecule has 0 heterocycles. The minimum atomic E-state index is 0.751. The molecule has 0 saturated heterocycles. The second-order valence-electron chi connectivity index (χ2n) is 4.28. The van der Waals surface area contributed by atoms with Crippen molar-refractivity contribution >= 4 is 0 Å². The molecule has 3 atom stereocenters. The van der Waals surface area contributed by atoms with E-state index in [1.54, 1.807) is 5.57 Å². The van der Waals surface area contributed by atoms with Crippen LogP contribution in [0.1, 0.15) is 27.2 Å². The summed E-state index contributed by atoms with van der Waals surface area (Å²) in [5.41, 5.74) is 1.57. The van der Waals surface area contributed by atoms with Crippen LogP contribution in [-0.4, -0.2) is 13.6 Å². The number of rotatable bonds is 2. The maximum Gasteiger partial charge on any atom is -0.00153 e. The fraction of sp³-hybridized carbons (Fsp3) is 0.818. The lowest BCUT2D eigenvalue weighted by Gasteiger charge is -2.32. The Kier molecular flexibility index (Phi) is 3.33. The van der Waals surface area contributed by atoms with E-state index in [-0.39, 0.29) is 0 Å². The highest BCUT2D eigenvalue weighted by Crippen LogP contribution is 2.32. The molecule has 12 heavy (non-hydrogen) atoms. The number of allylic oxidation sites excluding steroid dienone is 2. The molecule has 1 aliphatic rings. The van der Waals surface area contributed by atoms with Crippen molar-refractivity contribution in [2.75, 3.05) is 13.6 Å². The number of hydrogen-bond donors (Lipinski definition) is 1. The number of hydrogen-bond acceptors (Lipinski definition) is 1. The molecular formula is C11H21N. The molecule has 0 aromatic carbocycles. The second-order valence-corrected chi connectivity index (χ2v) is 4.28. The van der Waals surface area contributed by atoms with Crippen LogP contribution in [0, 0.1) is 17.8 Å². The van der Waals surface area contributed by atoms with Crippen LogP contribution < -0.4 is 5.32 Å². The van der Waals surface area contributed by atoms with Gasteiger partial charge in [0, 0.05) is 0 Å². The van der Waals surface area contributed by atoms with Crippen LogP contribution in [0.3, 0.4) is 0 Å². The Hall–Kier alpha value is -0.300. The van der Waals surface area contributed by atoms with Crippen molar-refractivity contribution in [3.05, 3.63) is 11.6 Å². The van der Waals surface area contributed by atoms with Crippen molar-refractivity contribution in [3.63, 3.8) is 0 Å². The summed E-state index contributed by atoms with van der Waals surface area (Å²) < 4.78 is 0. The normalized spacial score (nSPS) is 36.3. The second kappa shape index (κ2) is 4.08. The summed E-state index contributed by atoms with van der Waals surface area (Å²) >= 11 is 0. The molecule has 0 radical (unpaired) electrons. The quantitative estimate of drug-likeness (QED) is 0.623. The third-order valence-electron chi connectivity index (χ3n) is 3.04. The molecule has 0 aromatic heterocycles. The summed E-state index contributed by atoms with van der Waals surface area (Å²) in [6.45, 7) is 8.12. The van der Waals surface area contributed by atoms with E-state index in [9.17, 15) is 0 Å². The molecule has 0 amide bonds. The number of nitrogens with one attached hydrogen (secondary N) is 1. The van der Waals surface area contributed by atoms with E-state index in [0.717, 1.165) is 24.3 Å². The average molecular weight is 167 g/mol. The zero-order chi connectivity index (χ0) is 9.14. The maximum absolute atomic E-state index is 3.28. The molecule has 0 aromatic rings. The molecule has 70 valence electrons. The van der Waals surface area contributed by atoms with E-state index in [4.69, 9.17) is 0 Å². The molecule has 0 saturated carbocycles. The van der Waals surface area contributed by atoms with Gasteiger partial charge in [0.05, 0.1) is 0 Å². The van der Waals surface area contributed by atoms with E-state index in [0.29, 0.717) is 0 Å². The molecule has 1 aliphatic carbocycles. The van der Waals surface area contributed by atoms with Crippen molar-refractivity contribution in [2.24, 2.45) is 17.8 Å². The molecule has 0 bridgehead atoms. The molecular weight excluding hydrogens is 146 g/mol. The summed E-state index contributed by atoms with van der Waals surface area (Å²) in [7, 11) is 2.05. The van der Waals surface area contributed by atoms with Crippen molar-refractivity contribution < 1.29 is 0 Å². The molecule has 0 aliphatic heterocycles. The highest BCUT2D eigenvalue weighted by molar-refractivity contribution is 5.08. The third-order valence-corrected chi connectivity index (χ3v) is 3.04. The van der Waals surface area contributed by atoms with Crippen molar-refractivity contribution in [1.29, 1.82) is 0 Å². The molecule has 1 N–H and O–H groups in total. The summed E-state index contributed by atoms with van der Waals surface area (Å²) in [6, 6.07) is 0.